The largest absolute Gasteiger partial charge is 0.465 e. The molecule has 0 unspecified atom stereocenters. The molecule has 27 heavy (non-hydrogen) atoms. The van der Waals surface area contributed by atoms with Gasteiger partial charge < -0.3 is 4.74 Å². The zero-order valence-electron chi connectivity index (χ0n) is 18.6. The molecule has 154 valence electrons. The van der Waals surface area contributed by atoms with Crippen molar-refractivity contribution in [2.45, 2.75) is 61.3 Å². The Morgan fingerprint density at radius 3 is 1.78 bits per heavy atom. The average molecular weight is 376 g/mol. The monoisotopic (exact) mass is 375 g/mol. The molecular formula is C24H41NO2. The van der Waals surface area contributed by atoms with Crippen LogP contribution < -0.4 is 0 Å². The van der Waals surface area contributed by atoms with Gasteiger partial charge in [-0.25, -0.2) is 0 Å². The minimum Gasteiger partial charge on any atom is -0.465 e. The van der Waals surface area contributed by atoms with Crippen molar-refractivity contribution < 1.29 is 9.53 Å². The van der Waals surface area contributed by atoms with E-state index in [1.54, 1.807) is 0 Å². The maximum Gasteiger partial charge on any atom is 0.302 e. The molecule has 3 heteroatoms. The van der Waals surface area contributed by atoms with Gasteiger partial charge in [-0.3, -0.25) is 9.69 Å². The molecule has 3 nitrogen and oxygen atoms in total. The van der Waals surface area contributed by atoms with Crippen molar-refractivity contribution in [2.75, 3.05) is 26.2 Å². The van der Waals surface area contributed by atoms with Crippen LogP contribution in [-0.4, -0.2) is 37.1 Å². The smallest absolute Gasteiger partial charge is 0.302 e. The van der Waals surface area contributed by atoms with Gasteiger partial charge in [0.1, 0.15) is 6.61 Å². The summed E-state index contributed by atoms with van der Waals surface area (Å²) in [4.78, 5) is 13.8. The first kappa shape index (κ1) is 22.2. The van der Waals surface area contributed by atoms with E-state index < -0.39 is 0 Å². The molecule has 6 atom stereocenters. The third-order valence-corrected chi connectivity index (χ3v) is 6.85. The fourth-order valence-electron chi connectivity index (χ4n) is 5.50. The minimum absolute atomic E-state index is 0.175. The summed E-state index contributed by atoms with van der Waals surface area (Å²) in [5.74, 6) is 3.84. The zero-order chi connectivity index (χ0) is 20.1. The summed E-state index contributed by atoms with van der Waals surface area (Å²) in [6.45, 7) is 19.1. The molecule has 0 radical (unpaired) electrons. The third-order valence-electron chi connectivity index (χ3n) is 6.85. The number of nitrogens with zero attached hydrogens (tertiary/aromatic N) is 1. The Bertz CT molecular complexity index is 525. The summed E-state index contributed by atoms with van der Waals surface area (Å²) in [5, 5.41) is 0. The van der Waals surface area contributed by atoms with Gasteiger partial charge in [-0.05, 0) is 62.2 Å². The van der Waals surface area contributed by atoms with Crippen molar-refractivity contribution in [1.82, 2.24) is 4.90 Å². The molecule has 0 spiro atoms. The second kappa shape index (κ2) is 9.91. The maximum atomic E-state index is 11.2. The molecule has 0 aromatic heterocycles. The molecule has 0 N–H and O–H groups in total. The number of rotatable bonds is 7. The van der Waals surface area contributed by atoms with Crippen LogP contribution in [-0.2, 0) is 9.53 Å². The van der Waals surface area contributed by atoms with Crippen LogP contribution in [0, 0.1) is 35.5 Å². The van der Waals surface area contributed by atoms with Crippen LogP contribution in [0.5, 0.6) is 0 Å². The van der Waals surface area contributed by atoms with E-state index in [0.717, 1.165) is 19.6 Å². The molecule has 2 rings (SSSR count). The fraction of sp³-hybridized carbons (Fsp3) is 0.792. The van der Waals surface area contributed by atoms with Gasteiger partial charge in [0.25, 0.3) is 0 Å². The van der Waals surface area contributed by atoms with Crippen molar-refractivity contribution >= 4 is 5.97 Å². The van der Waals surface area contributed by atoms with E-state index in [9.17, 15) is 4.79 Å². The normalized spacial score (nSPS) is 34.2. The average Bonchev–Trinajstić information content (AvgIpc) is 2.53. The van der Waals surface area contributed by atoms with Crippen LogP contribution in [0.15, 0.2) is 23.3 Å². The number of carbonyl (C=O) groups is 1. The molecule has 0 amide bonds. The van der Waals surface area contributed by atoms with Crippen molar-refractivity contribution in [3.05, 3.63) is 23.3 Å². The number of hydrogen-bond acceptors (Lipinski definition) is 3. The lowest BCUT2D eigenvalue weighted by Gasteiger charge is -2.41. The van der Waals surface area contributed by atoms with Crippen LogP contribution >= 0.6 is 0 Å². The number of ether oxygens (including phenoxy) is 1. The van der Waals surface area contributed by atoms with Crippen LogP contribution in [0.4, 0.5) is 0 Å². The van der Waals surface area contributed by atoms with E-state index in [0.29, 0.717) is 42.1 Å². The summed E-state index contributed by atoms with van der Waals surface area (Å²) in [6, 6.07) is 0. The van der Waals surface area contributed by atoms with Crippen LogP contribution in [0.2, 0.25) is 0 Å². The number of allylic oxidation sites excluding steroid dienone is 4. The van der Waals surface area contributed by atoms with Gasteiger partial charge in [0.2, 0.25) is 0 Å². The molecule has 0 bridgehead atoms. The Morgan fingerprint density at radius 2 is 1.41 bits per heavy atom. The van der Waals surface area contributed by atoms with E-state index in [2.05, 4.69) is 58.6 Å². The first-order chi connectivity index (χ1) is 12.7. The summed E-state index contributed by atoms with van der Waals surface area (Å²) in [5.41, 5.74) is 3.07. The molecule has 0 aromatic carbocycles. The summed E-state index contributed by atoms with van der Waals surface area (Å²) >= 11 is 0. The molecule has 0 saturated heterocycles. The lowest BCUT2D eigenvalue weighted by Crippen LogP contribution is -2.43. The Balaban J connectivity index is 2.07. The Morgan fingerprint density at radius 1 is 0.963 bits per heavy atom. The van der Waals surface area contributed by atoms with Crippen molar-refractivity contribution in [3.8, 4) is 0 Å². The predicted octanol–water partition coefficient (Wildman–Crippen LogP) is 5.33. The van der Waals surface area contributed by atoms with Gasteiger partial charge in [-0.1, -0.05) is 51.0 Å². The first-order valence-corrected chi connectivity index (χ1v) is 10.9. The Kier molecular flexibility index (Phi) is 8.15. The second-order valence-electron chi connectivity index (χ2n) is 9.53. The van der Waals surface area contributed by atoms with Gasteiger partial charge >= 0.3 is 5.97 Å². The molecule has 2 aliphatic rings. The molecule has 0 aromatic rings. The molecule has 0 saturated carbocycles. The Hall–Kier alpha value is -1.09. The lowest BCUT2D eigenvalue weighted by molar-refractivity contribution is -0.141. The molecule has 0 aliphatic heterocycles. The molecule has 0 fully saturated rings. The van der Waals surface area contributed by atoms with E-state index in [-0.39, 0.29) is 5.97 Å². The van der Waals surface area contributed by atoms with Crippen molar-refractivity contribution in [1.29, 1.82) is 0 Å². The highest BCUT2D eigenvalue weighted by Crippen LogP contribution is 2.36. The molecular weight excluding hydrogens is 334 g/mol. The highest BCUT2D eigenvalue weighted by atomic mass is 16.5. The first-order valence-electron chi connectivity index (χ1n) is 10.9. The molecule has 2 aliphatic carbocycles. The van der Waals surface area contributed by atoms with Crippen molar-refractivity contribution in [2.24, 2.45) is 35.5 Å². The number of hydrogen-bond donors (Lipinski definition) is 0. The van der Waals surface area contributed by atoms with Gasteiger partial charge in [-0.2, -0.15) is 0 Å². The van der Waals surface area contributed by atoms with Gasteiger partial charge in [0.05, 0.1) is 0 Å². The topological polar surface area (TPSA) is 29.5 Å². The van der Waals surface area contributed by atoms with Crippen LogP contribution in [0.25, 0.3) is 0 Å². The fourth-order valence-corrected chi connectivity index (χ4v) is 5.50. The third kappa shape index (κ3) is 6.48. The van der Waals surface area contributed by atoms with Crippen molar-refractivity contribution in [3.63, 3.8) is 0 Å². The summed E-state index contributed by atoms with van der Waals surface area (Å²) in [7, 11) is 0. The highest BCUT2D eigenvalue weighted by Gasteiger charge is 2.32. The summed E-state index contributed by atoms with van der Waals surface area (Å²) < 4.78 is 5.29. The van der Waals surface area contributed by atoms with E-state index in [1.165, 1.54) is 30.9 Å². The van der Waals surface area contributed by atoms with E-state index in [1.807, 2.05) is 0 Å². The lowest BCUT2D eigenvalue weighted by atomic mass is 9.73. The maximum absolute atomic E-state index is 11.2. The standard InChI is InChI=1S/C24H41NO2/c1-16-10-18(3)23(19(4)11-16)14-25(8-9-27-22(7)26)15-24-20(5)12-17(2)13-21(24)6/h10,12,18-21,23-24H,8-9,11,13-15H2,1-7H3/t18-,19-,20+,21-,23+,24+/m0/s1. The van der Waals surface area contributed by atoms with Crippen LogP contribution in [0.3, 0.4) is 0 Å². The highest BCUT2D eigenvalue weighted by molar-refractivity contribution is 5.65. The minimum atomic E-state index is -0.175. The van der Waals surface area contributed by atoms with Gasteiger partial charge in [0, 0.05) is 26.6 Å². The quantitative estimate of drug-likeness (QED) is 0.445. The van der Waals surface area contributed by atoms with E-state index in [4.69, 9.17) is 4.74 Å². The zero-order valence-corrected chi connectivity index (χ0v) is 18.6. The van der Waals surface area contributed by atoms with Gasteiger partial charge in [-0.15, -0.1) is 0 Å². The second-order valence-corrected chi connectivity index (χ2v) is 9.53. The molecule has 0 heterocycles. The summed E-state index contributed by atoms with van der Waals surface area (Å²) in [6.07, 6.45) is 7.36. The Labute approximate surface area is 167 Å². The predicted molar refractivity (Wildman–Crippen MR) is 113 cm³/mol. The SMILES string of the molecule is CC(=O)OCCN(C[C@@H]1[C@H](C)C=C(C)C[C@@H]1C)C[C@@H]1[C@@H](C)C=C(C)C[C@@H]1C. The number of esters is 1. The van der Waals surface area contributed by atoms with Crippen LogP contribution in [0.1, 0.15) is 61.3 Å². The van der Waals surface area contributed by atoms with Gasteiger partial charge in [0.15, 0.2) is 0 Å². The van der Waals surface area contributed by atoms with E-state index >= 15 is 0 Å². The number of carbonyl (C=O) groups excluding carboxylic acids is 1.